The Morgan fingerprint density at radius 2 is 2.00 bits per heavy atom. The van der Waals surface area contributed by atoms with E-state index in [0.29, 0.717) is 29.3 Å². The van der Waals surface area contributed by atoms with Crippen molar-refractivity contribution < 1.29 is 4.79 Å². The van der Waals surface area contributed by atoms with E-state index in [0.717, 1.165) is 5.56 Å². The molecule has 1 aromatic rings. The predicted octanol–water partition coefficient (Wildman–Crippen LogP) is 3.62. The van der Waals surface area contributed by atoms with E-state index >= 15 is 0 Å². The summed E-state index contributed by atoms with van der Waals surface area (Å²) in [5.74, 6) is 0.146. The molecule has 0 atom stereocenters. The number of carbonyl (C=O) groups excluding carboxylic acids is 1. The largest absolute Gasteiger partial charge is 0.326 e. The molecule has 17 heavy (non-hydrogen) atoms. The molecule has 0 bridgehead atoms. The van der Waals surface area contributed by atoms with Crippen LogP contribution in [0.15, 0.2) is 18.2 Å². The smallest absolute Gasteiger partial charge is 0.137 e. The molecule has 0 saturated carbocycles. The van der Waals surface area contributed by atoms with Crippen LogP contribution in [0.5, 0.6) is 0 Å². The highest BCUT2D eigenvalue weighted by Crippen LogP contribution is 2.22. The topological polar surface area (TPSA) is 43.1 Å². The highest BCUT2D eigenvalue weighted by atomic mass is 35.5. The minimum Gasteiger partial charge on any atom is -0.326 e. The number of rotatable bonds is 5. The van der Waals surface area contributed by atoms with Gasteiger partial charge in [-0.25, -0.2) is 0 Å². The Kier molecular flexibility index (Phi) is 4.99. The van der Waals surface area contributed by atoms with E-state index in [1.807, 2.05) is 13.8 Å². The molecule has 0 aromatic heterocycles. The highest BCUT2D eigenvalue weighted by molar-refractivity contribution is 6.35. The number of Topliss-reactive ketones (excluding diaryl/α,β-unsaturated/α-hetero) is 1. The zero-order valence-electron chi connectivity index (χ0n) is 10.1. The molecule has 0 saturated heterocycles. The van der Waals surface area contributed by atoms with Crippen LogP contribution in [0.3, 0.4) is 0 Å². The van der Waals surface area contributed by atoms with Gasteiger partial charge in [-0.1, -0.05) is 29.3 Å². The van der Waals surface area contributed by atoms with Crippen LogP contribution in [0, 0.1) is 0 Å². The maximum Gasteiger partial charge on any atom is 0.137 e. The fourth-order valence-electron chi connectivity index (χ4n) is 1.43. The van der Waals surface area contributed by atoms with Gasteiger partial charge in [-0.05, 0) is 38.0 Å². The zero-order chi connectivity index (χ0) is 13.1. The fraction of sp³-hybridized carbons (Fsp3) is 0.462. The second-order valence-corrected chi connectivity index (χ2v) is 5.78. The average Bonchev–Trinajstić information content (AvgIpc) is 2.18. The summed E-state index contributed by atoms with van der Waals surface area (Å²) in [6.45, 7) is 3.82. The first-order chi connectivity index (χ1) is 7.78. The Hall–Kier alpha value is -0.570. The van der Waals surface area contributed by atoms with E-state index in [1.54, 1.807) is 18.2 Å². The third kappa shape index (κ3) is 5.53. The predicted molar refractivity (Wildman–Crippen MR) is 72.7 cm³/mol. The molecule has 0 radical (unpaired) electrons. The maximum atomic E-state index is 11.7. The third-order valence-corrected chi connectivity index (χ3v) is 3.04. The lowest BCUT2D eigenvalue weighted by Crippen LogP contribution is -2.32. The summed E-state index contributed by atoms with van der Waals surface area (Å²) in [5, 5.41) is 1.12. The molecular formula is C13H17Cl2NO. The second kappa shape index (κ2) is 5.85. The molecule has 4 heteroatoms. The summed E-state index contributed by atoms with van der Waals surface area (Å²) in [6, 6.07) is 5.18. The van der Waals surface area contributed by atoms with Crippen molar-refractivity contribution in [1.82, 2.24) is 0 Å². The number of hydrogen-bond acceptors (Lipinski definition) is 2. The second-order valence-electron chi connectivity index (χ2n) is 4.94. The van der Waals surface area contributed by atoms with Crippen LogP contribution in [0.25, 0.3) is 0 Å². The number of ketones is 1. The monoisotopic (exact) mass is 273 g/mol. The van der Waals surface area contributed by atoms with Crippen LogP contribution in [0.4, 0.5) is 0 Å². The number of halogens is 2. The molecule has 0 spiro atoms. The summed E-state index contributed by atoms with van der Waals surface area (Å²) in [4.78, 5) is 11.7. The molecule has 1 rings (SSSR count). The molecule has 1 aromatic carbocycles. The van der Waals surface area contributed by atoms with Crippen molar-refractivity contribution in [2.24, 2.45) is 5.73 Å². The fourth-order valence-corrected chi connectivity index (χ4v) is 1.90. The normalized spacial score (nSPS) is 11.6. The SMILES string of the molecule is CC(C)(N)CCC(=O)Cc1ccc(Cl)cc1Cl. The molecule has 0 fully saturated rings. The lowest BCUT2D eigenvalue weighted by Gasteiger charge is -2.17. The number of nitrogens with two attached hydrogens (primary N) is 1. The summed E-state index contributed by atoms with van der Waals surface area (Å²) in [6.07, 6.45) is 1.49. The van der Waals surface area contributed by atoms with Gasteiger partial charge in [0.25, 0.3) is 0 Å². The van der Waals surface area contributed by atoms with Gasteiger partial charge in [-0.3, -0.25) is 4.79 Å². The zero-order valence-corrected chi connectivity index (χ0v) is 11.6. The average molecular weight is 274 g/mol. The summed E-state index contributed by atoms with van der Waals surface area (Å²) in [7, 11) is 0. The minimum absolute atomic E-state index is 0.146. The van der Waals surface area contributed by atoms with Crippen molar-refractivity contribution >= 4 is 29.0 Å². The molecule has 0 unspecified atom stereocenters. The van der Waals surface area contributed by atoms with Gasteiger partial charge in [-0.2, -0.15) is 0 Å². The van der Waals surface area contributed by atoms with Gasteiger partial charge in [0.1, 0.15) is 5.78 Å². The van der Waals surface area contributed by atoms with Crippen molar-refractivity contribution in [2.45, 2.75) is 38.6 Å². The van der Waals surface area contributed by atoms with Gasteiger partial charge >= 0.3 is 0 Å². The van der Waals surface area contributed by atoms with Gasteiger partial charge in [0, 0.05) is 28.4 Å². The first-order valence-electron chi connectivity index (χ1n) is 5.52. The van der Waals surface area contributed by atoms with Gasteiger partial charge in [-0.15, -0.1) is 0 Å². The molecule has 0 aliphatic carbocycles. The Labute approximate surface area is 112 Å². The number of benzene rings is 1. The maximum absolute atomic E-state index is 11.7. The van der Waals surface area contributed by atoms with Crippen LogP contribution < -0.4 is 5.73 Å². The molecule has 0 aliphatic heterocycles. The lowest BCUT2D eigenvalue weighted by molar-refractivity contribution is -0.118. The molecule has 0 heterocycles. The first-order valence-corrected chi connectivity index (χ1v) is 6.28. The van der Waals surface area contributed by atoms with Gasteiger partial charge in [0.2, 0.25) is 0 Å². The van der Waals surface area contributed by atoms with Crippen LogP contribution in [-0.4, -0.2) is 11.3 Å². The first kappa shape index (κ1) is 14.5. The Morgan fingerprint density at radius 1 is 1.35 bits per heavy atom. The van der Waals surface area contributed by atoms with E-state index in [2.05, 4.69) is 0 Å². The van der Waals surface area contributed by atoms with Crippen LogP contribution in [0.2, 0.25) is 10.0 Å². The third-order valence-electron chi connectivity index (χ3n) is 2.45. The van der Waals surface area contributed by atoms with Gasteiger partial charge < -0.3 is 5.73 Å². The van der Waals surface area contributed by atoms with Crippen LogP contribution in [0.1, 0.15) is 32.3 Å². The van der Waals surface area contributed by atoms with Crippen molar-refractivity contribution in [1.29, 1.82) is 0 Å². The van der Waals surface area contributed by atoms with E-state index in [9.17, 15) is 4.79 Å². The summed E-state index contributed by atoms with van der Waals surface area (Å²) >= 11 is 11.8. The molecule has 2 N–H and O–H groups in total. The Bertz CT molecular complexity index is 410. The standard InChI is InChI=1S/C13H17Cl2NO/c1-13(2,16)6-5-11(17)7-9-3-4-10(14)8-12(9)15/h3-4,8H,5-7,16H2,1-2H3. The van der Waals surface area contributed by atoms with Crippen LogP contribution in [-0.2, 0) is 11.2 Å². The highest BCUT2D eigenvalue weighted by Gasteiger charge is 2.14. The molecule has 0 aliphatic rings. The minimum atomic E-state index is -0.306. The number of hydrogen-bond donors (Lipinski definition) is 1. The molecule has 2 nitrogen and oxygen atoms in total. The summed E-state index contributed by atoms with van der Waals surface area (Å²) in [5.41, 5.74) is 6.34. The Morgan fingerprint density at radius 3 is 2.53 bits per heavy atom. The van der Waals surface area contributed by atoms with Crippen LogP contribution >= 0.6 is 23.2 Å². The van der Waals surface area contributed by atoms with E-state index in [-0.39, 0.29) is 11.3 Å². The summed E-state index contributed by atoms with van der Waals surface area (Å²) < 4.78 is 0. The van der Waals surface area contributed by atoms with Crippen molar-refractivity contribution in [2.75, 3.05) is 0 Å². The van der Waals surface area contributed by atoms with E-state index in [4.69, 9.17) is 28.9 Å². The quantitative estimate of drug-likeness (QED) is 0.891. The van der Waals surface area contributed by atoms with E-state index in [1.165, 1.54) is 0 Å². The molecule has 0 amide bonds. The van der Waals surface area contributed by atoms with Gasteiger partial charge in [0.05, 0.1) is 0 Å². The number of carbonyl (C=O) groups is 1. The van der Waals surface area contributed by atoms with Gasteiger partial charge in [0.15, 0.2) is 0 Å². The lowest BCUT2D eigenvalue weighted by atomic mass is 9.96. The Balaban J connectivity index is 2.57. The van der Waals surface area contributed by atoms with Crippen molar-refractivity contribution in [3.8, 4) is 0 Å². The molecular weight excluding hydrogens is 257 g/mol. The molecule has 94 valence electrons. The van der Waals surface area contributed by atoms with Crippen molar-refractivity contribution in [3.63, 3.8) is 0 Å². The van der Waals surface area contributed by atoms with Crippen molar-refractivity contribution in [3.05, 3.63) is 33.8 Å². The van der Waals surface area contributed by atoms with E-state index < -0.39 is 0 Å².